The Hall–Kier alpha value is -0.160. The molecule has 2 saturated heterocycles. The Kier molecular flexibility index (Phi) is 11.8. The Labute approximate surface area is 94.4 Å². The predicted octanol–water partition coefficient (Wildman–Crippen LogP) is 0.154. The van der Waals surface area contributed by atoms with Crippen LogP contribution >= 0.6 is 0 Å². The van der Waals surface area contributed by atoms with Gasteiger partial charge in [0.05, 0.1) is 13.2 Å². The van der Waals surface area contributed by atoms with Crippen molar-refractivity contribution in [1.82, 2.24) is 15.5 Å². The number of hydrogen-bond acceptors (Lipinski definition) is 4. The minimum absolute atomic E-state index is 0.889. The van der Waals surface area contributed by atoms with E-state index in [2.05, 4.69) is 22.6 Å². The minimum atomic E-state index is 0.889. The van der Waals surface area contributed by atoms with Gasteiger partial charge in [0, 0.05) is 39.3 Å². The molecule has 4 nitrogen and oxygen atoms in total. The van der Waals surface area contributed by atoms with E-state index in [1.165, 1.54) is 13.1 Å². The van der Waals surface area contributed by atoms with Crippen LogP contribution in [0.4, 0.5) is 0 Å². The van der Waals surface area contributed by atoms with E-state index in [1.807, 2.05) is 13.8 Å². The molecule has 2 heterocycles. The van der Waals surface area contributed by atoms with Gasteiger partial charge >= 0.3 is 0 Å². The quantitative estimate of drug-likeness (QED) is 0.606. The summed E-state index contributed by atoms with van der Waals surface area (Å²) in [5.74, 6) is 0. The third-order valence-electron chi connectivity index (χ3n) is 2.19. The normalized spacial score (nSPS) is 21.8. The standard InChI is InChI=1S/C5H12N2.C4H9NO.C2H6/c1-7-4-2-6-3-5-7;1-3-6-4-2-5-1;1-2/h6H,2-5H2,1H3;5H,1-4H2;1-2H3. The fourth-order valence-corrected chi connectivity index (χ4v) is 1.29. The maximum absolute atomic E-state index is 5.01. The number of hydrogen-bond donors (Lipinski definition) is 2. The summed E-state index contributed by atoms with van der Waals surface area (Å²) in [6.07, 6.45) is 0. The molecule has 92 valence electrons. The molecule has 15 heavy (non-hydrogen) atoms. The lowest BCUT2D eigenvalue weighted by molar-refractivity contribution is 0.109. The highest BCUT2D eigenvalue weighted by Crippen LogP contribution is 1.83. The second kappa shape index (κ2) is 11.9. The van der Waals surface area contributed by atoms with E-state index >= 15 is 0 Å². The number of nitrogens with zero attached hydrogens (tertiary/aromatic N) is 1. The zero-order valence-corrected chi connectivity index (χ0v) is 10.5. The highest BCUT2D eigenvalue weighted by Gasteiger charge is 2.01. The van der Waals surface area contributed by atoms with Gasteiger partial charge in [-0.05, 0) is 7.05 Å². The van der Waals surface area contributed by atoms with E-state index in [-0.39, 0.29) is 0 Å². The zero-order valence-electron chi connectivity index (χ0n) is 10.5. The smallest absolute Gasteiger partial charge is 0.0591 e. The van der Waals surface area contributed by atoms with Crippen LogP contribution in [0, 0.1) is 0 Å². The molecule has 0 unspecified atom stereocenters. The van der Waals surface area contributed by atoms with Crippen molar-refractivity contribution >= 4 is 0 Å². The second-order valence-corrected chi connectivity index (χ2v) is 3.42. The van der Waals surface area contributed by atoms with Crippen LogP contribution in [0.1, 0.15) is 13.8 Å². The molecule has 0 radical (unpaired) electrons. The Morgan fingerprint density at radius 3 is 1.53 bits per heavy atom. The lowest BCUT2D eigenvalue weighted by atomic mass is 10.4. The summed E-state index contributed by atoms with van der Waals surface area (Å²) in [4.78, 5) is 2.33. The van der Waals surface area contributed by atoms with Crippen LogP contribution in [0.3, 0.4) is 0 Å². The summed E-state index contributed by atoms with van der Waals surface area (Å²) in [5, 5.41) is 6.43. The Morgan fingerprint density at radius 1 is 0.867 bits per heavy atom. The maximum atomic E-state index is 5.01. The average molecular weight is 217 g/mol. The number of ether oxygens (including phenoxy) is 1. The van der Waals surface area contributed by atoms with Gasteiger partial charge in [-0.2, -0.15) is 0 Å². The Bertz CT molecular complexity index is 101. The number of rotatable bonds is 0. The monoisotopic (exact) mass is 217 g/mol. The van der Waals surface area contributed by atoms with Crippen molar-refractivity contribution in [2.45, 2.75) is 13.8 Å². The topological polar surface area (TPSA) is 36.5 Å². The third kappa shape index (κ3) is 10.1. The molecule has 2 N–H and O–H groups in total. The first-order valence-corrected chi connectivity index (χ1v) is 6.07. The highest BCUT2D eigenvalue weighted by atomic mass is 16.5. The van der Waals surface area contributed by atoms with E-state index in [0.29, 0.717) is 0 Å². The number of morpholine rings is 1. The zero-order chi connectivity index (χ0) is 11.4. The van der Waals surface area contributed by atoms with Crippen LogP contribution in [0.5, 0.6) is 0 Å². The molecule has 0 aliphatic carbocycles. The molecule has 0 aromatic heterocycles. The minimum Gasteiger partial charge on any atom is -0.379 e. The molecule has 2 aliphatic rings. The first-order valence-electron chi connectivity index (χ1n) is 6.07. The van der Waals surface area contributed by atoms with Gasteiger partial charge in [-0.15, -0.1) is 0 Å². The molecular weight excluding hydrogens is 190 g/mol. The Morgan fingerprint density at radius 2 is 1.33 bits per heavy atom. The fourth-order valence-electron chi connectivity index (χ4n) is 1.29. The van der Waals surface area contributed by atoms with Gasteiger partial charge in [-0.25, -0.2) is 0 Å². The van der Waals surface area contributed by atoms with Crippen LogP contribution < -0.4 is 10.6 Å². The molecule has 4 heteroatoms. The SMILES string of the molecule is C1COCCN1.CC.CN1CCNCC1. The van der Waals surface area contributed by atoms with Crippen LogP contribution in [0.15, 0.2) is 0 Å². The molecule has 0 aromatic carbocycles. The lowest BCUT2D eigenvalue weighted by Gasteiger charge is -2.21. The molecule has 0 spiro atoms. The summed E-state index contributed by atoms with van der Waals surface area (Å²) in [6.45, 7) is 12.6. The number of likely N-dealkylation sites (N-methyl/N-ethyl adjacent to an activating group) is 1. The molecule has 0 atom stereocenters. The average Bonchev–Trinajstić information content (AvgIpc) is 2.36. The first-order chi connectivity index (χ1) is 7.39. The number of piperazine rings is 1. The summed E-state index contributed by atoms with van der Waals surface area (Å²) < 4.78 is 5.01. The van der Waals surface area contributed by atoms with E-state index in [1.54, 1.807) is 0 Å². The van der Waals surface area contributed by atoms with Crippen molar-refractivity contribution in [2.24, 2.45) is 0 Å². The molecule has 0 aromatic rings. The van der Waals surface area contributed by atoms with Crippen LogP contribution in [-0.4, -0.2) is 64.4 Å². The van der Waals surface area contributed by atoms with E-state index in [9.17, 15) is 0 Å². The largest absolute Gasteiger partial charge is 0.379 e. The van der Waals surface area contributed by atoms with Crippen LogP contribution in [0.2, 0.25) is 0 Å². The molecular formula is C11H27N3O. The van der Waals surface area contributed by atoms with Crippen LogP contribution in [0.25, 0.3) is 0 Å². The summed E-state index contributed by atoms with van der Waals surface area (Å²) >= 11 is 0. The summed E-state index contributed by atoms with van der Waals surface area (Å²) in [5.41, 5.74) is 0. The van der Waals surface area contributed by atoms with Crippen molar-refractivity contribution in [1.29, 1.82) is 0 Å². The van der Waals surface area contributed by atoms with E-state index in [4.69, 9.17) is 4.74 Å². The molecule has 0 amide bonds. The van der Waals surface area contributed by atoms with E-state index in [0.717, 1.165) is 39.4 Å². The van der Waals surface area contributed by atoms with Gasteiger partial charge < -0.3 is 20.3 Å². The van der Waals surface area contributed by atoms with E-state index < -0.39 is 0 Å². The van der Waals surface area contributed by atoms with Gasteiger partial charge in [0.2, 0.25) is 0 Å². The van der Waals surface area contributed by atoms with Crippen molar-refractivity contribution in [2.75, 3.05) is 59.5 Å². The summed E-state index contributed by atoms with van der Waals surface area (Å²) in [7, 11) is 2.15. The molecule has 0 bridgehead atoms. The predicted molar refractivity (Wildman–Crippen MR) is 65.4 cm³/mol. The molecule has 2 rings (SSSR count). The highest BCUT2D eigenvalue weighted by molar-refractivity contribution is 4.62. The van der Waals surface area contributed by atoms with Gasteiger partial charge in [0.25, 0.3) is 0 Å². The van der Waals surface area contributed by atoms with Crippen molar-refractivity contribution < 1.29 is 4.74 Å². The first kappa shape index (κ1) is 14.8. The van der Waals surface area contributed by atoms with Crippen molar-refractivity contribution in [3.8, 4) is 0 Å². The van der Waals surface area contributed by atoms with Crippen molar-refractivity contribution in [3.05, 3.63) is 0 Å². The van der Waals surface area contributed by atoms with Gasteiger partial charge in [0.1, 0.15) is 0 Å². The third-order valence-corrected chi connectivity index (χ3v) is 2.19. The molecule has 0 saturated carbocycles. The summed E-state index contributed by atoms with van der Waals surface area (Å²) in [6, 6.07) is 0. The second-order valence-electron chi connectivity index (χ2n) is 3.42. The number of nitrogens with one attached hydrogen (secondary N) is 2. The van der Waals surface area contributed by atoms with Crippen LogP contribution in [-0.2, 0) is 4.74 Å². The van der Waals surface area contributed by atoms with Gasteiger partial charge in [-0.3, -0.25) is 0 Å². The lowest BCUT2D eigenvalue weighted by Crippen LogP contribution is -2.40. The Balaban J connectivity index is 0.000000227. The fraction of sp³-hybridized carbons (Fsp3) is 1.00. The maximum Gasteiger partial charge on any atom is 0.0591 e. The van der Waals surface area contributed by atoms with Gasteiger partial charge in [0.15, 0.2) is 0 Å². The van der Waals surface area contributed by atoms with Crippen molar-refractivity contribution in [3.63, 3.8) is 0 Å². The molecule has 2 aliphatic heterocycles. The van der Waals surface area contributed by atoms with Gasteiger partial charge in [-0.1, -0.05) is 13.8 Å². The molecule has 2 fully saturated rings.